The van der Waals surface area contributed by atoms with Crippen LogP contribution in [0.5, 0.6) is 0 Å². The minimum Gasteiger partial charge on any atom is -0.481 e. The van der Waals surface area contributed by atoms with E-state index in [4.69, 9.17) is 5.11 Å². The van der Waals surface area contributed by atoms with Crippen LogP contribution >= 0.6 is 6.49 Å². The van der Waals surface area contributed by atoms with E-state index in [1.165, 1.54) is 0 Å². The van der Waals surface area contributed by atoms with E-state index in [-0.39, 0.29) is 0 Å². The Kier molecular flexibility index (Phi) is 2.88. The van der Waals surface area contributed by atoms with Gasteiger partial charge in [0.2, 0.25) is 0 Å². The second kappa shape index (κ2) is 3.93. The summed E-state index contributed by atoms with van der Waals surface area (Å²) >= 11 is 4.65. The fourth-order valence-corrected chi connectivity index (χ4v) is 3.88. The van der Waals surface area contributed by atoms with E-state index in [0.29, 0.717) is 12.0 Å². The lowest BCUT2D eigenvalue weighted by molar-refractivity contribution is -0.138. The maximum Gasteiger partial charge on any atom is 0.311 e. The van der Waals surface area contributed by atoms with E-state index in [1.807, 2.05) is 0 Å². The minimum atomic E-state index is -3.55. The molecule has 6 heteroatoms. The first-order valence-electron chi connectivity index (χ1n) is 4.77. The molecule has 1 aliphatic rings. The summed E-state index contributed by atoms with van der Waals surface area (Å²) in [5, 5.41) is 9.14. The first-order valence-corrected chi connectivity index (χ1v) is 7.55. The molecule has 0 amide bonds. The van der Waals surface area contributed by atoms with Crippen molar-refractivity contribution in [1.82, 2.24) is 0 Å². The Morgan fingerprint density at radius 2 is 2.00 bits per heavy atom. The molecule has 0 fully saturated rings. The van der Waals surface area contributed by atoms with Crippen molar-refractivity contribution < 1.29 is 19.7 Å². The van der Waals surface area contributed by atoms with Crippen LogP contribution in [0.3, 0.4) is 0 Å². The molecule has 1 aliphatic carbocycles. The summed E-state index contributed by atoms with van der Waals surface area (Å²) in [7, 11) is 0. The topological polar surface area (TPSA) is 77.8 Å². The highest BCUT2D eigenvalue weighted by molar-refractivity contribution is 8.09. The van der Waals surface area contributed by atoms with Crippen LogP contribution in [0.25, 0.3) is 0 Å². The van der Waals surface area contributed by atoms with Gasteiger partial charge in [-0.1, -0.05) is 24.3 Å². The van der Waals surface area contributed by atoms with Gasteiger partial charge in [-0.2, -0.15) is 0 Å². The molecule has 2 atom stereocenters. The molecule has 86 valence electrons. The third kappa shape index (κ3) is 1.92. The van der Waals surface area contributed by atoms with E-state index in [9.17, 15) is 14.6 Å². The minimum absolute atomic E-state index is 0.331. The maximum atomic E-state index is 11.2. The van der Waals surface area contributed by atoms with Crippen LogP contribution < -0.4 is 0 Å². The number of aliphatic carboxylic acids is 1. The number of rotatable bonds is 2. The molecule has 1 aromatic rings. The number of carboxylic acid groups (broad SMARTS) is 1. The van der Waals surface area contributed by atoms with E-state index in [2.05, 4.69) is 11.8 Å². The molecule has 0 aromatic heterocycles. The molecule has 0 unspecified atom stereocenters. The van der Waals surface area contributed by atoms with Crippen molar-refractivity contribution in [1.29, 1.82) is 0 Å². The number of carboxylic acids is 1. The van der Waals surface area contributed by atoms with E-state index in [1.54, 1.807) is 24.3 Å². The average Bonchev–Trinajstić information content (AvgIpc) is 2.55. The fourth-order valence-electron chi connectivity index (χ4n) is 2.18. The Morgan fingerprint density at radius 1 is 1.38 bits per heavy atom. The molecule has 0 saturated heterocycles. The molecule has 0 bridgehead atoms. The lowest BCUT2D eigenvalue weighted by Gasteiger charge is -2.20. The predicted molar refractivity (Wildman–Crippen MR) is 63.0 cm³/mol. The summed E-state index contributed by atoms with van der Waals surface area (Å²) in [6.07, 6.45) is 0.331. The Balaban J connectivity index is 2.50. The molecule has 0 saturated carbocycles. The van der Waals surface area contributed by atoms with E-state index in [0.717, 1.165) is 5.56 Å². The standard InChI is InChI=1S/C10H11O4PS/c11-10(12)9-7-4-2-1-3-6(7)5-8(9)15(13,14)16/h1-4,8-9H,5H2,(H,11,12)(H2,13,14,16)/t8-,9+/m0/s1. The van der Waals surface area contributed by atoms with Crippen LogP contribution in [0.4, 0.5) is 0 Å². The van der Waals surface area contributed by atoms with Gasteiger partial charge < -0.3 is 14.9 Å². The van der Waals surface area contributed by atoms with Gasteiger partial charge in [-0.05, 0) is 29.4 Å². The van der Waals surface area contributed by atoms with Crippen LogP contribution in [0, 0.1) is 0 Å². The van der Waals surface area contributed by atoms with Crippen LogP contribution in [-0.2, 0) is 23.0 Å². The van der Waals surface area contributed by atoms with Crippen molar-refractivity contribution in [3.8, 4) is 0 Å². The van der Waals surface area contributed by atoms with Gasteiger partial charge in [-0.25, -0.2) is 0 Å². The summed E-state index contributed by atoms with van der Waals surface area (Å²) in [5.74, 6) is -1.94. The quantitative estimate of drug-likeness (QED) is 0.692. The second-order valence-corrected chi connectivity index (χ2v) is 7.33. The third-order valence-electron chi connectivity index (χ3n) is 2.90. The monoisotopic (exact) mass is 258 g/mol. The Bertz CT molecular complexity index is 481. The Labute approximate surface area is 97.7 Å². The number of hydrogen-bond acceptors (Lipinski definition) is 2. The smallest absolute Gasteiger partial charge is 0.311 e. The van der Waals surface area contributed by atoms with Gasteiger partial charge in [-0.3, -0.25) is 4.79 Å². The predicted octanol–water partition coefficient (Wildman–Crippen LogP) is 1.07. The van der Waals surface area contributed by atoms with Crippen molar-refractivity contribution in [2.75, 3.05) is 0 Å². The zero-order valence-corrected chi connectivity index (χ0v) is 9.99. The van der Waals surface area contributed by atoms with Crippen LogP contribution in [0.1, 0.15) is 17.0 Å². The van der Waals surface area contributed by atoms with Gasteiger partial charge in [-0.15, -0.1) is 0 Å². The second-order valence-electron chi connectivity index (χ2n) is 3.88. The highest BCUT2D eigenvalue weighted by atomic mass is 32.5. The van der Waals surface area contributed by atoms with Gasteiger partial charge >= 0.3 is 5.97 Å². The molecule has 4 nitrogen and oxygen atoms in total. The van der Waals surface area contributed by atoms with Crippen molar-refractivity contribution in [2.45, 2.75) is 18.0 Å². The molecule has 1 aromatic carbocycles. The summed E-state index contributed by atoms with van der Waals surface area (Å²) in [6.45, 7) is -3.55. The van der Waals surface area contributed by atoms with E-state index < -0.39 is 24.0 Å². The van der Waals surface area contributed by atoms with Gasteiger partial charge in [0.15, 0.2) is 6.49 Å². The molecule has 0 spiro atoms. The van der Waals surface area contributed by atoms with Gasteiger partial charge in [0.25, 0.3) is 0 Å². The molecule has 3 N–H and O–H groups in total. The SMILES string of the molecule is O=C(O)[C@@H]1c2ccccc2C[C@@H]1P(O)(O)=S. The van der Waals surface area contributed by atoms with Crippen molar-refractivity contribution in [2.24, 2.45) is 0 Å². The first kappa shape index (κ1) is 11.7. The Hall–Kier alpha value is -0.740. The number of fused-ring (bicyclic) bond motifs is 1. The number of hydrogen-bond donors (Lipinski definition) is 3. The first-order chi connectivity index (χ1) is 7.41. The van der Waals surface area contributed by atoms with Crippen LogP contribution in [0.2, 0.25) is 0 Å². The zero-order valence-electron chi connectivity index (χ0n) is 8.28. The lowest BCUT2D eigenvalue weighted by atomic mass is 10.0. The molecular weight excluding hydrogens is 247 g/mol. The average molecular weight is 258 g/mol. The van der Waals surface area contributed by atoms with Crippen molar-refractivity contribution in [3.63, 3.8) is 0 Å². The lowest BCUT2D eigenvalue weighted by Crippen LogP contribution is -2.22. The summed E-state index contributed by atoms with van der Waals surface area (Å²) in [4.78, 5) is 30.2. The molecule has 0 heterocycles. The molecule has 2 rings (SSSR count). The zero-order chi connectivity index (χ0) is 11.9. The van der Waals surface area contributed by atoms with Gasteiger partial charge in [0, 0.05) is 0 Å². The fraction of sp³-hybridized carbons (Fsp3) is 0.300. The van der Waals surface area contributed by atoms with Crippen LogP contribution in [-0.4, -0.2) is 26.5 Å². The van der Waals surface area contributed by atoms with Crippen molar-refractivity contribution in [3.05, 3.63) is 35.4 Å². The molecule has 0 aliphatic heterocycles. The Morgan fingerprint density at radius 3 is 2.56 bits per heavy atom. The summed E-state index contributed by atoms with van der Waals surface area (Å²) in [6, 6.07) is 7.06. The molecular formula is C10H11O4PS. The van der Waals surface area contributed by atoms with Gasteiger partial charge in [0.05, 0.1) is 11.6 Å². The van der Waals surface area contributed by atoms with E-state index >= 15 is 0 Å². The van der Waals surface area contributed by atoms with Gasteiger partial charge in [0.1, 0.15) is 0 Å². The maximum absolute atomic E-state index is 11.2. The largest absolute Gasteiger partial charge is 0.481 e. The summed E-state index contributed by atoms with van der Waals surface area (Å²) in [5.41, 5.74) is 0.729. The number of carbonyl (C=O) groups is 1. The van der Waals surface area contributed by atoms with Crippen LogP contribution in [0.15, 0.2) is 24.3 Å². The molecule has 16 heavy (non-hydrogen) atoms. The summed E-state index contributed by atoms with van der Waals surface area (Å²) < 4.78 is 0. The van der Waals surface area contributed by atoms with Crippen molar-refractivity contribution >= 4 is 24.3 Å². The normalized spacial score (nSPS) is 24.1. The molecule has 0 radical (unpaired) electrons. The third-order valence-corrected chi connectivity index (χ3v) is 5.06. The highest BCUT2D eigenvalue weighted by Crippen LogP contribution is 2.54. The number of benzene rings is 1. The highest BCUT2D eigenvalue weighted by Gasteiger charge is 2.44.